The molecule has 10 nitrogen and oxygen atoms in total. The number of anilines is 1. The van der Waals surface area contributed by atoms with E-state index in [1.54, 1.807) is 41.2 Å². The number of nitrogen functional groups attached to an aromatic ring is 1. The Morgan fingerprint density at radius 2 is 2.14 bits per heavy atom. The zero-order valence-electron chi connectivity index (χ0n) is 16.7. The van der Waals surface area contributed by atoms with E-state index in [1.807, 2.05) is 0 Å². The topological polar surface area (TPSA) is 128 Å². The molecule has 0 aromatic carbocycles. The molecule has 29 heavy (non-hydrogen) atoms. The molecule has 0 radical (unpaired) electrons. The van der Waals surface area contributed by atoms with Gasteiger partial charge in [0, 0.05) is 20.1 Å². The van der Waals surface area contributed by atoms with E-state index in [1.165, 1.54) is 12.4 Å². The Hall–Kier alpha value is -3.27. The van der Waals surface area contributed by atoms with Gasteiger partial charge in [0.1, 0.15) is 29.1 Å². The lowest BCUT2D eigenvalue weighted by Crippen LogP contribution is -2.27. The number of fused-ring (bicyclic) bond motifs is 1. The van der Waals surface area contributed by atoms with E-state index in [4.69, 9.17) is 10.8 Å². The fourth-order valence-electron chi connectivity index (χ4n) is 3.86. The molecule has 4 heterocycles. The molecule has 1 aliphatic heterocycles. The van der Waals surface area contributed by atoms with Crippen LogP contribution in [0.4, 0.5) is 5.82 Å². The molecule has 1 amide bonds. The number of nitrogens with zero attached hydrogens (tertiary/aromatic N) is 7. The van der Waals surface area contributed by atoms with Crippen LogP contribution in [0.1, 0.15) is 32.0 Å². The van der Waals surface area contributed by atoms with E-state index in [0.717, 1.165) is 6.42 Å². The summed E-state index contributed by atoms with van der Waals surface area (Å²) in [5.74, 6) is 0.210. The molecule has 0 bridgehead atoms. The summed E-state index contributed by atoms with van der Waals surface area (Å²) < 4.78 is 3.43. The molecule has 0 spiro atoms. The summed E-state index contributed by atoms with van der Waals surface area (Å²) >= 11 is 0. The Kier molecular flexibility index (Phi) is 4.38. The molecule has 0 aliphatic carbocycles. The van der Waals surface area contributed by atoms with Gasteiger partial charge in [0.15, 0.2) is 5.65 Å². The first-order valence-electron chi connectivity index (χ1n) is 9.38. The van der Waals surface area contributed by atoms with E-state index in [9.17, 15) is 9.90 Å². The number of aromatic nitrogens is 6. The van der Waals surface area contributed by atoms with Crippen LogP contribution in [-0.4, -0.2) is 58.5 Å². The minimum absolute atomic E-state index is 0.0399. The van der Waals surface area contributed by atoms with Crippen molar-refractivity contribution in [3.8, 4) is 11.4 Å². The van der Waals surface area contributed by atoms with Crippen molar-refractivity contribution in [1.82, 2.24) is 34.4 Å². The van der Waals surface area contributed by atoms with Crippen LogP contribution in [0, 0.1) is 0 Å². The third-order valence-corrected chi connectivity index (χ3v) is 5.26. The molecule has 3 N–H and O–H groups in total. The van der Waals surface area contributed by atoms with Crippen molar-refractivity contribution in [3.63, 3.8) is 0 Å². The number of hydrogen-bond acceptors (Lipinski definition) is 7. The second kappa shape index (κ2) is 6.66. The minimum atomic E-state index is -1.06. The molecule has 3 aromatic heterocycles. The van der Waals surface area contributed by atoms with E-state index in [2.05, 4.69) is 21.6 Å². The molecule has 0 saturated carbocycles. The van der Waals surface area contributed by atoms with Gasteiger partial charge in [-0.3, -0.25) is 9.48 Å². The number of amides is 1. The van der Waals surface area contributed by atoms with Crippen molar-refractivity contribution in [2.24, 2.45) is 7.05 Å². The molecule has 1 atom stereocenters. The van der Waals surface area contributed by atoms with E-state index in [0.29, 0.717) is 47.0 Å². The first-order chi connectivity index (χ1) is 13.7. The molecule has 3 aromatic rings. The number of carbonyl (C=O) groups is 1. The molecule has 1 saturated heterocycles. The van der Waals surface area contributed by atoms with Gasteiger partial charge in [0.2, 0.25) is 5.91 Å². The number of carbonyl (C=O) groups excluding carboxylic acids is 1. The van der Waals surface area contributed by atoms with Gasteiger partial charge in [-0.05, 0) is 32.4 Å². The number of nitrogens with two attached hydrogens (primary N) is 1. The molecule has 1 unspecified atom stereocenters. The lowest BCUT2D eigenvalue weighted by Gasteiger charge is -2.16. The van der Waals surface area contributed by atoms with Gasteiger partial charge < -0.3 is 15.7 Å². The molecular weight excluding hydrogens is 372 g/mol. The first-order valence-corrected chi connectivity index (χ1v) is 9.38. The molecule has 4 rings (SSSR count). The van der Waals surface area contributed by atoms with Gasteiger partial charge in [0.25, 0.3) is 0 Å². The highest BCUT2D eigenvalue weighted by molar-refractivity contribution is 5.97. The quantitative estimate of drug-likeness (QED) is 0.630. The van der Waals surface area contributed by atoms with Crippen LogP contribution in [-0.2, 0) is 17.4 Å². The van der Waals surface area contributed by atoms with Crippen molar-refractivity contribution in [2.45, 2.75) is 31.9 Å². The van der Waals surface area contributed by atoms with Gasteiger partial charge in [-0.2, -0.15) is 10.2 Å². The lowest BCUT2D eigenvalue weighted by atomic mass is 10.0. The van der Waals surface area contributed by atoms with Crippen LogP contribution in [0.5, 0.6) is 0 Å². The minimum Gasteiger partial charge on any atom is -0.384 e. The third-order valence-electron chi connectivity index (χ3n) is 5.26. The second-order valence-corrected chi connectivity index (χ2v) is 7.78. The van der Waals surface area contributed by atoms with Gasteiger partial charge in [0.05, 0.1) is 17.1 Å². The summed E-state index contributed by atoms with van der Waals surface area (Å²) in [6.45, 7) is 8.10. The van der Waals surface area contributed by atoms with Crippen LogP contribution in [0.25, 0.3) is 22.4 Å². The maximum absolute atomic E-state index is 12.0. The Labute approximate surface area is 167 Å². The lowest BCUT2D eigenvalue weighted by molar-refractivity contribution is -0.125. The molecular formula is C19H24N8O2. The Morgan fingerprint density at radius 1 is 1.38 bits per heavy atom. The number of hydrogen-bond donors (Lipinski definition) is 2. The fourth-order valence-corrected chi connectivity index (χ4v) is 3.86. The summed E-state index contributed by atoms with van der Waals surface area (Å²) in [5.41, 5.74) is 7.48. The van der Waals surface area contributed by atoms with Gasteiger partial charge in [-0.15, -0.1) is 0 Å². The summed E-state index contributed by atoms with van der Waals surface area (Å²) in [4.78, 5) is 22.2. The summed E-state index contributed by atoms with van der Waals surface area (Å²) in [7, 11) is 1.77. The molecule has 1 aliphatic rings. The zero-order chi connectivity index (χ0) is 20.9. The van der Waals surface area contributed by atoms with Crippen LogP contribution in [0.2, 0.25) is 0 Å². The zero-order valence-corrected chi connectivity index (χ0v) is 16.7. The predicted octanol–water partition coefficient (Wildman–Crippen LogP) is 0.996. The van der Waals surface area contributed by atoms with Crippen molar-refractivity contribution >= 4 is 22.8 Å². The van der Waals surface area contributed by atoms with Crippen LogP contribution >= 0.6 is 0 Å². The SMILES string of the molecule is C=CC(=O)N1CCC(n2nc(-c3cc(C(C)(C)O)n(C)n3)c3c(N)ncnc32)C1. The fraction of sp³-hybridized carbons (Fsp3) is 0.421. The summed E-state index contributed by atoms with van der Waals surface area (Å²) in [6, 6.07) is 1.75. The smallest absolute Gasteiger partial charge is 0.246 e. The maximum Gasteiger partial charge on any atom is 0.246 e. The third kappa shape index (κ3) is 3.15. The summed E-state index contributed by atoms with van der Waals surface area (Å²) in [6.07, 6.45) is 3.47. The monoisotopic (exact) mass is 396 g/mol. The van der Waals surface area contributed by atoms with Gasteiger partial charge in [-0.25, -0.2) is 14.6 Å². The number of likely N-dealkylation sites (tertiary alicyclic amines) is 1. The average molecular weight is 396 g/mol. The van der Waals surface area contributed by atoms with Crippen molar-refractivity contribution < 1.29 is 9.90 Å². The normalized spacial score (nSPS) is 17.2. The number of rotatable bonds is 4. The Bertz CT molecular complexity index is 1110. The number of aryl methyl sites for hydroxylation is 1. The van der Waals surface area contributed by atoms with E-state index in [-0.39, 0.29) is 11.9 Å². The first kappa shape index (κ1) is 19.1. The highest BCUT2D eigenvalue weighted by Crippen LogP contribution is 2.34. The summed E-state index contributed by atoms with van der Waals surface area (Å²) in [5, 5.41) is 20.3. The molecule has 10 heteroatoms. The standard InChI is InChI=1S/C19H24N8O2/c1-5-14(28)26-7-6-11(9-26)27-18-15(17(20)21-10-22-18)16(24-27)12-8-13(19(2,3)29)25(4)23-12/h5,8,10-11,29H,1,6-7,9H2,2-4H3,(H2,20,21,22). The van der Waals surface area contributed by atoms with E-state index >= 15 is 0 Å². The Balaban J connectivity index is 1.83. The largest absolute Gasteiger partial charge is 0.384 e. The molecule has 1 fully saturated rings. The average Bonchev–Trinajstić information content (AvgIpc) is 3.36. The highest BCUT2D eigenvalue weighted by Gasteiger charge is 2.31. The van der Waals surface area contributed by atoms with Gasteiger partial charge >= 0.3 is 0 Å². The van der Waals surface area contributed by atoms with Crippen LogP contribution in [0.15, 0.2) is 25.0 Å². The van der Waals surface area contributed by atoms with Crippen LogP contribution in [0.3, 0.4) is 0 Å². The van der Waals surface area contributed by atoms with E-state index < -0.39 is 5.60 Å². The second-order valence-electron chi connectivity index (χ2n) is 7.78. The van der Waals surface area contributed by atoms with Gasteiger partial charge in [-0.1, -0.05) is 6.58 Å². The predicted molar refractivity (Wildman–Crippen MR) is 108 cm³/mol. The number of aliphatic hydroxyl groups is 1. The highest BCUT2D eigenvalue weighted by atomic mass is 16.3. The van der Waals surface area contributed by atoms with Crippen molar-refractivity contribution in [2.75, 3.05) is 18.8 Å². The molecule has 152 valence electrons. The van der Waals surface area contributed by atoms with Crippen LogP contribution < -0.4 is 5.73 Å². The Morgan fingerprint density at radius 3 is 2.79 bits per heavy atom. The van der Waals surface area contributed by atoms with Crippen molar-refractivity contribution in [3.05, 3.63) is 30.7 Å². The maximum atomic E-state index is 12.0. The van der Waals surface area contributed by atoms with Crippen molar-refractivity contribution in [1.29, 1.82) is 0 Å².